The average Bonchev–Trinajstić information content (AvgIpc) is 2.70. The van der Waals surface area contributed by atoms with E-state index >= 15 is 0 Å². The van der Waals surface area contributed by atoms with Crippen molar-refractivity contribution in [1.82, 2.24) is 4.90 Å². The van der Waals surface area contributed by atoms with Gasteiger partial charge in [0.1, 0.15) is 6.54 Å². The van der Waals surface area contributed by atoms with Gasteiger partial charge in [0.2, 0.25) is 5.91 Å². The normalized spacial score (nSPS) is 11.0. The molecule has 0 heterocycles. The quantitative estimate of drug-likeness (QED) is 0.754. The van der Waals surface area contributed by atoms with Crippen molar-refractivity contribution < 1.29 is 32.2 Å². The molecular weight excluding hydrogens is 389 g/mol. The minimum atomic E-state index is -4.61. The molecule has 0 atom stereocenters. The summed E-state index contributed by atoms with van der Waals surface area (Å²) >= 11 is 0. The summed E-state index contributed by atoms with van der Waals surface area (Å²) in [6.07, 6.45) is -4.61. The number of rotatable bonds is 7. The summed E-state index contributed by atoms with van der Waals surface area (Å²) in [4.78, 5) is 26.4. The molecule has 0 spiro atoms. The number of alkyl halides is 3. The van der Waals surface area contributed by atoms with Crippen LogP contribution in [0.5, 0.6) is 11.5 Å². The lowest BCUT2D eigenvalue weighted by molar-refractivity contribution is -0.137. The molecule has 2 amide bonds. The van der Waals surface area contributed by atoms with Crippen LogP contribution < -0.4 is 14.8 Å². The lowest BCUT2D eigenvalue weighted by Crippen LogP contribution is -2.38. The number of amides is 2. The summed E-state index contributed by atoms with van der Waals surface area (Å²) in [6, 6.07) is 9.38. The van der Waals surface area contributed by atoms with E-state index in [1.165, 1.54) is 37.3 Å². The van der Waals surface area contributed by atoms with Gasteiger partial charge in [-0.05, 0) is 31.2 Å². The Morgan fingerprint density at radius 2 is 1.72 bits per heavy atom. The molecule has 0 aromatic heterocycles. The number of hydrogen-bond donors (Lipinski definition) is 1. The van der Waals surface area contributed by atoms with Crippen LogP contribution in [0.15, 0.2) is 42.5 Å². The Hall–Kier alpha value is -3.23. The number of carbonyl (C=O) groups excluding carboxylic acids is 2. The molecule has 9 heteroatoms. The summed E-state index contributed by atoms with van der Waals surface area (Å²) < 4.78 is 49.7. The van der Waals surface area contributed by atoms with Crippen LogP contribution in [0, 0.1) is 0 Å². The van der Waals surface area contributed by atoms with Crippen molar-refractivity contribution in [2.45, 2.75) is 13.1 Å². The number of carbonyl (C=O) groups is 2. The Morgan fingerprint density at radius 3 is 2.31 bits per heavy atom. The van der Waals surface area contributed by atoms with E-state index in [1.807, 2.05) is 0 Å². The van der Waals surface area contributed by atoms with E-state index in [9.17, 15) is 22.8 Å². The van der Waals surface area contributed by atoms with Gasteiger partial charge < -0.3 is 19.7 Å². The minimum absolute atomic E-state index is 0.160. The topological polar surface area (TPSA) is 67.9 Å². The summed E-state index contributed by atoms with van der Waals surface area (Å²) in [7, 11) is 2.81. The van der Waals surface area contributed by atoms with Crippen LogP contribution in [-0.2, 0) is 11.0 Å². The third-order valence-corrected chi connectivity index (χ3v) is 4.14. The molecule has 156 valence electrons. The Kier molecular flexibility index (Phi) is 7.08. The highest BCUT2D eigenvalue weighted by Gasteiger charge is 2.33. The lowest BCUT2D eigenvalue weighted by Gasteiger charge is -2.22. The SMILES string of the molecule is CCN(CC(=O)Nc1ccccc1C(F)(F)F)C(=O)c1cccc(OC)c1OC. The second-order valence-electron chi connectivity index (χ2n) is 5.95. The minimum Gasteiger partial charge on any atom is -0.493 e. The molecule has 29 heavy (non-hydrogen) atoms. The molecule has 2 rings (SSSR count). The third-order valence-electron chi connectivity index (χ3n) is 4.14. The van der Waals surface area contributed by atoms with E-state index in [4.69, 9.17) is 9.47 Å². The Balaban J connectivity index is 2.21. The zero-order chi connectivity index (χ0) is 21.6. The maximum Gasteiger partial charge on any atom is 0.418 e. The molecule has 0 bridgehead atoms. The zero-order valence-corrected chi connectivity index (χ0v) is 16.2. The molecule has 0 aliphatic carbocycles. The second kappa shape index (κ2) is 9.31. The van der Waals surface area contributed by atoms with E-state index < -0.39 is 30.1 Å². The Morgan fingerprint density at radius 1 is 1.03 bits per heavy atom. The first-order valence-electron chi connectivity index (χ1n) is 8.69. The van der Waals surface area contributed by atoms with Crippen LogP contribution in [0.3, 0.4) is 0 Å². The van der Waals surface area contributed by atoms with Gasteiger partial charge in [0.25, 0.3) is 5.91 Å². The first-order chi connectivity index (χ1) is 13.7. The maximum atomic E-state index is 13.1. The molecule has 0 aliphatic heterocycles. The van der Waals surface area contributed by atoms with Crippen molar-refractivity contribution in [2.24, 2.45) is 0 Å². The maximum absolute atomic E-state index is 13.1. The van der Waals surface area contributed by atoms with E-state index in [1.54, 1.807) is 19.1 Å². The molecule has 0 aliphatic rings. The number of likely N-dealkylation sites (N-methyl/N-ethyl adjacent to an activating group) is 1. The van der Waals surface area contributed by atoms with Gasteiger partial charge in [-0.25, -0.2) is 0 Å². The standard InChI is InChI=1S/C20H21F3N2O4/c1-4-25(19(27)13-8-7-11-16(28-2)18(13)29-3)12-17(26)24-15-10-6-5-9-14(15)20(21,22)23/h5-11H,4,12H2,1-3H3,(H,24,26). The second-order valence-corrected chi connectivity index (χ2v) is 5.95. The molecule has 0 saturated carbocycles. The molecule has 1 N–H and O–H groups in total. The number of nitrogens with zero attached hydrogens (tertiary/aromatic N) is 1. The monoisotopic (exact) mass is 410 g/mol. The number of para-hydroxylation sites is 2. The van der Waals surface area contributed by atoms with Gasteiger partial charge in [-0.1, -0.05) is 18.2 Å². The van der Waals surface area contributed by atoms with Gasteiger partial charge in [-0.2, -0.15) is 13.2 Å². The number of hydrogen-bond acceptors (Lipinski definition) is 4. The van der Waals surface area contributed by atoms with Crippen LogP contribution in [0.25, 0.3) is 0 Å². The van der Waals surface area contributed by atoms with E-state index in [2.05, 4.69) is 5.32 Å². The smallest absolute Gasteiger partial charge is 0.418 e. The summed E-state index contributed by atoms with van der Waals surface area (Å²) in [5, 5.41) is 2.23. The van der Waals surface area contributed by atoms with Crippen LogP contribution in [0.2, 0.25) is 0 Å². The number of anilines is 1. The fraction of sp³-hybridized carbons (Fsp3) is 0.300. The summed E-state index contributed by atoms with van der Waals surface area (Å²) in [5.74, 6) is -0.708. The zero-order valence-electron chi connectivity index (χ0n) is 16.2. The molecular formula is C20H21F3N2O4. The highest BCUT2D eigenvalue weighted by molar-refractivity contribution is 6.01. The fourth-order valence-electron chi connectivity index (χ4n) is 2.76. The molecule has 0 radical (unpaired) electrons. The fourth-order valence-corrected chi connectivity index (χ4v) is 2.76. The van der Waals surface area contributed by atoms with Crippen molar-refractivity contribution in [3.05, 3.63) is 53.6 Å². The molecule has 0 unspecified atom stereocenters. The summed E-state index contributed by atoms with van der Waals surface area (Å²) in [5.41, 5.74) is -1.15. The molecule has 6 nitrogen and oxygen atoms in total. The molecule has 2 aromatic rings. The molecule has 0 saturated heterocycles. The van der Waals surface area contributed by atoms with Crippen molar-refractivity contribution in [1.29, 1.82) is 0 Å². The van der Waals surface area contributed by atoms with Gasteiger partial charge in [0.05, 0.1) is 31.0 Å². The van der Waals surface area contributed by atoms with Crippen LogP contribution in [0.4, 0.5) is 18.9 Å². The van der Waals surface area contributed by atoms with Crippen molar-refractivity contribution >= 4 is 17.5 Å². The van der Waals surface area contributed by atoms with Crippen molar-refractivity contribution in [2.75, 3.05) is 32.6 Å². The highest BCUT2D eigenvalue weighted by atomic mass is 19.4. The third kappa shape index (κ3) is 5.18. The van der Waals surface area contributed by atoms with Gasteiger partial charge in [-0.3, -0.25) is 9.59 Å². The predicted octanol–water partition coefficient (Wildman–Crippen LogP) is 3.82. The largest absolute Gasteiger partial charge is 0.493 e. The van der Waals surface area contributed by atoms with E-state index in [0.29, 0.717) is 5.75 Å². The van der Waals surface area contributed by atoms with Gasteiger partial charge in [0.15, 0.2) is 11.5 Å². The predicted molar refractivity (Wildman–Crippen MR) is 101 cm³/mol. The molecule has 2 aromatic carbocycles. The van der Waals surface area contributed by atoms with Crippen LogP contribution in [0.1, 0.15) is 22.8 Å². The number of halogens is 3. The Bertz CT molecular complexity index is 884. The van der Waals surface area contributed by atoms with Gasteiger partial charge in [0, 0.05) is 6.54 Å². The van der Waals surface area contributed by atoms with Crippen molar-refractivity contribution in [3.63, 3.8) is 0 Å². The lowest BCUT2D eigenvalue weighted by atomic mass is 10.1. The first-order valence-corrected chi connectivity index (χ1v) is 8.69. The number of nitrogens with one attached hydrogen (secondary N) is 1. The van der Waals surface area contributed by atoms with Crippen LogP contribution >= 0.6 is 0 Å². The number of benzene rings is 2. The Labute approximate surface area is 166 Å². The van der Waals surface area contributed by atoms with E-state index in [-0.39, 0.29) is 23.5 Å². The number of methoxy groups -OCH3 is 2. The first kappa shape index (κ1) is 22.1. The van der Waals surface area contributed by atoms with Gasteiger partial charge >= 0.3 is 6.18 Å². The van der Waals surface area contributed by atoms with Gasteiger partial charge in [-0.15, -0.1) is 0 Å². The highest BCUT2D eigenvalue weighted by Crippen LogP contribution is 2.34. The van der Waals surface area contributed by atoms with Crippen molar-refractivity contribution in [3.8, 4) is 11.5 Å². The number of ether oxygens (including phenoxy) is 2. The summed E-state index contributed by atoms with van der Waals surface area (Å²) in [6.45, 7) is 1.39. The van der Waals surface area contributed by atoms with Crippen LogP contribution in [-0.4, -0.2) is 44.0 Å². The van der Waals surface area contributed by atoms with E-state index in [0.717, 1.165) is 12.1 Å². The average molecular weight is 410 g/mol. The molecule has 0 fully saturated rings.